The molecule has 0 bridgehead atoms. The van der Waals surface area contributed by atoms with Crippen LogP contribution in [0.1, 0.15) is 43.6 Å². The Labute approximate surface area is 229 Å². The maximum atomic E-state index is 13.1. The highest BCUT2D eigenvalue weighted by Crippen LogP contribution is 2.37. The summed E-state index contributed by atoms with van der Waals surface area (Å²) < 4.78 is 27.3. The molecule has 2 aromatic carbocycles. The molecule has 1 aromatic heterocycles. The van der Waals surface area contributed by atoms with Gasteiger partial charge in [-0.25, -0.2) is 13.2 Å². The molecule has 13 heteroatoms. The Hall–Kier alpha value is -4.07. The van der Waals surface area contributed by atoms with Crippen molar-refractivity contribution < 1.29 is 27.6 Å². The molecule has 3 aromatic rings. The molecule has 4 N–H and O–H groups in total. The highest BCUT2D eigenvalue weighted by atomic mass is 32.2. The van der Waals surface area contributed by atoms with E-state index < -0.39 is 27.9 Å². The number of sulfonamides is 1. The number of nitrogens with zero attached hydrogens (tertiary/aromatic N) is 2. The summed E-state index contributed by atoms with van der Waals surface area (Å²) in [6.07, 6.45) is 0.367. The first-order valence-electron chi connectivity index (χ1n) is 11.9. The van der Waals surface area contributed by atoms with Crippen LogP contribution < -0.4 is 16.4 Å². The Morgan fingerprint density at radius 3 is 2.31 bits per heavy atom. The molecule has 1 aliphatic heterocycles. The van der Waals surface area contributed by atoms with Crippen LogP contribution in [0.4, 0.5) is 9.80 Å². The van der Waals surface area contributed by atoms with E-state index in [4.69, 9.17) is 5.73 Å². The maximum absolute atomic E-state index is 13.1. The molecular weight excluding hydrogens is 542 g/mol. The first kappa shape index (κ1) is 28.0. The molecule has 0 atom stereocenters. The fourth-order valence-corrected chi connectivity index (χ4v) is 6.65. The molecule has 2 heterocycles. The number of primary amides is 1. The number of hydrogen-bond donors (Lipinski definition) is 3. The third-order valence-corrected chi connectivity index (χ3v) is 9.22. The van der Waals surface area contributed by atoms with Crippen molar-refractivity contribution in [1.29, 1.82) is 0 Å². The SMILES string of the molecule is CC(=O)N1CCc2c(sc(NC(=O)c3ccc(S(=O)(=O)N(C)Cc4ccccc4)cc3)c2C(=O)NC(N)=O)C1. The molecular formula is C26H27N5O6S2. The van der Waals surface area contributed by atoms with Gasteiger partial charge in [-0.15, -0.1) is 11.3 Å². The van der Waals surface area contributed by atoms with Crippen LogP contribution in [-0.4, -0.2) is 55.0 Å². The van der Waals surface area contributed by atoms with Gasteiger partial charge in [0.2, 0.25) is 15.9 Å². The Morgan fingerprint density at radius 1 is 1.03 bits per heavy atom. The molecule has 5 amide bonds. The predicted molar refractivity (Wildman–Crippen MR) is 146 cm³/mol. The largest absolute Gasteiger partial charge is 0.351 e. The van der Waals surface area contributed by atoms with Crippen molar-refractivity contribution in [2.24, 2.45) is 5.73 Å². The van der Waals surface area contributed by atoms with Crippen LogP contribution in [0.15, 0.2) is 59.5 Å². The number of benzene rings is 2. The van der Waals surface area contributed by atoms with Gasteiger partial charge in [0.1, 0.15) is 5.00 Å². The van der Waals surface area contributed by atoms with Crippen LogP contribution in [0, 0.1) is 0 Å². The minimum absolute atomic E-state index is 0.0231. The summed E-state index contributed by atoms with van der Waals surface area (Å²) in [5.74, 6) is -1.45. The number of urea groups is 1. The van der Waals surface area contributed by atoms with Crippen molar-refractivity contribution in [3.63, 3.8) is 0 Å². The Morgan fingerprint density at radius 2 is 1.69 bits per heavy atom. The Bertz CT molecular complexity index is 1530. The summed E-state index contributed by atoms with van der Waals surface area (Å²) in [6.45, 7) is 2.29. The summed E-state index contributed by atoms with van der Waals surface area (Å²) in [7, 11) is -2.33. The lowest BCUT2D eigenvalue weighted by atomic mass is 10.0. The summed E-state index contributed by atoms with van der Waals surface area (Å²) in [6, 6.07) is 13.6. The number of nitrogens with two attached hydrogens (primary N) is 1. The second-order valence-corrected chi connectivity index (χ2v) is 12.1. The van der Waals surface area contributed by atoms with Gasteiger partial charge in [0.15, 0.2) is 0 Å². The molecule has 0 fully saturated rings. The predicted octanol–water partition coefficient (Wildman–Crippen LogP) is 2.53. The average molecular weight is 570 g/mol. The smallest absolute Gasteiger partial charge is 0.319 e. The lowest BCUT2D eigenvalue weighted by Gasteiger charge is -2.25. The fraction of sp³-hybridized carbons (Fsp3) is 0.231. The number of carbonyl (C=O) groups excluding carboxylic acids is 4. The zero-order valence-electron chi connectivity index (χ0n) is 21.3. The van der Waals surface area contributed by atoms with Crippen molar-refractivity contribution in [2.75, 3.05) is 18.9 Å². The highest BCUT2D eigenvalue weighted by Gasteiger charge is 2.30. The first-order chi connectivity index (χ1) is 18.5. The van der Waals surface area contributed by atoms with Gasteiger partial charge >= 0.3 is 6.03 Å². The van der Waals surface area contributed by atoms with Crippen molar-refractivity contribution in [1.82, 2.24) is 14.5 Å². The van der Waals surface area contributed by atoms with Gasteiger partial charge in [0.05, 0.1) is 17.0 Å². The van der Waals surface area contributed by atoms with Crippen LogP contribution >= 0.6 is 11.3 Å². The zero-order chi connectivity index (χ0) is 28.3. The van der Waals surface area contributed by atoms with Crippen molar-refractivity contribution in [3.05, 3.63) is 81.7 Å². The fourth-order valence-electron chi connectivity index (χ4n) is 4.23. The number of imide groups is 1. The minimum Gasteiger partial charge on any atom is -0.351 e. The van der Waals surface area contributed by atoms with Crippen molar-refractivity contribution in [2.45, 2.75) is 31.3 Å². The topological polar surface area (TPSA) is 159 Å². The van der Waals surface area contributed by atoms with Gasteiger partial charge in [0.25, 0.3) is 11.8 Å². The molecule has 0 spiro atoms. The molecule has 4 rings (SSSR count). The summed E-state index contributed by atoms with van der Waals surface area (Å²) in [5, 5.41) is 4.94. The number of rotatable bonds is 7. The lowest BCUT2D eigenvalue weighted by Crippen LogP contribution is -2.37. The molecule has 1 aliphatic rings. The lowest BCUT2D eigenvalue weighted by molar-refractivity contribution is -0.129. The highest BCUT2D eigenvalue weighted by molar-refractivity contribution is 7.89. The summed E-state index contributed by atoms with van der Waals surface area (Å²) in [4.78, 5) is 51.4. The summed E-state index contributed by atoms with van der Waals surface area (Å²) in [5.41, 5.74) is 6.88. The summed E-state index contributed by atoms with van der Waals surface area (Å²) >= 11 is 1.13. The quantitative estimate of drug-likeness (QED) is 0.397. The van der Waals surface area contributed by atoms with Gasteiger partial charge in [-0.3, -0.25) is 19.7 Å². The molecule has 0 saturated carbocycles. The van der Waals surface area contributed by atoms with Gasteiger partial charge < -0.3 is 16.0 Å². The van der Waals surface area contributed by atoms with Crippen molar-refractivity contribution in [3.8, 4) is 0 Å². The van der Waals surface area contributed by atoms with E-state index in [1.54, 1.807) is 4.90 Å². The zero-order valence-corrected chi connectivity index (χ0v) is 22.9. The number of fused-ring (bicyclic) bond motifs is 1. The van der Waals surface area contributed by atoms with E-state index in [9.17, 15) is 27.6 Å². The molecule has 0 saturated heterocycles. The molecule has 0 unspecified atom stereocenters. The maximum Gasteiger partial charge on any atom is 0.319 e. The van der Waals surface area contributed by atoms with E-state index in [-0.39, 0.29) is 40.0 Å². The van der Waals surface area contributed by atoms with Crippen LogP contribution in [-0.2, 0) is 34.3 Å². The van der Waals surface area contributed by atoms with E-state index in [1.165, 1.54) is 42.5 Å². The first-order valence-corrected chi connectivity index (χ1v) is 14.2. The number of amides is 5. The number of carbonyl (C=O) groups is 4. The van der Waals surface area contributed by atoms with Crippen molar-refractivity contribution >= 4 is 50.1 Å². The van der Waals surface area contributed by atoms with Gasteiger partial charge in [-0.05, 0) is 41.8 Å². The number of hydrogen-bond acceptors (Lipinski definition) is 7. The van der Waals surface area contributed by atoms with E-state index in [2.05, 4.69) is 5.32 Å². The Balaban J connectivity index is 1.55. The molecule has 0 radical (unpaired) electrons. The minimum atomic E-state index is -3.81. The monoisotopic (exact) mass is 569 g/mol. The van der Waals surface area contributed by atoms with E-state index >= 15 is 0 Å². The van der Waals surface area contributed by atoms with Gasteiger partial charge in [0, 0.05) is 37.5 Å². The van der Waals surface area contributed by atoms with E-state index in [1.807, 2.05) is 35.6 Å². The second-order valence-electron chi connectivity index (χ2n) is 8.94. The third-order valence-electron chi connectivity index (χ3n) is 6.27. The van der Waals surface area contributed by atoms with Crippen LogP contribution in [0.3, 0.4) is 0 Å². The average Bonchev–Trinajstić information content (AvgIpc) is 3.26. The van der Waals surface area contributed by atoms with Crippen LogP contribution in [0.25, 0.3) is 0 Å². The van der Waals surface area contributed by atoms with E-state index in [0.717, 1.165) is 16.9 Å². The number of thiophene rings is 1. The molecule has 0 aliphatic carbocycles. The van der Waals surface area contributed by atoms with E-state index in [0.29, 0.717) is 23.4 Å². The third kappa shape index (κ3) is 6.16. The van der Waals surface area contributed by atoms with Gasteiger partial charge in [-0.1, -0.05) is 30.3 Å². The molecule has 39 heavy (non-hydrogen) atoms. The Kier molecular flexibility index (Phi) is 8.14. The number of nitrogens with one attached hydrogen (secondary N) is 2. The van der Waals surface area contributed by atoms with Crippen LogP contribution in [0.2, 0.25) is 0 Å². The normalized spacial score (nSPS) is 13.1. The number of anilines is 1. The second kappa shape index (κ2) is 11.4. The molecule has 11 nitrogen and oxygen atoms in total. The standard InChI is InChI=1S/C26H27N5O6S2/c1-16(32)31-13-12-20-21(15-31)38-25(22(20)24(34)29-26(27)35)28-23(33)18-8-10-19(11-9-18)39(36,37)30(2)14-17-6-4-3-5-7-17/h3-11H,12-15H2,1-2H3,(H,28,33)(H3,27,29,34,35). The van der Waals surface area contributed by atoms with Gasteiger partial charge in [-0.2, -0.15) is 4.31 Å². The molecule has 204 valence electrons. The van der Waals surface area contributed by atoms with Crippen LogP contribution in [0.5, 0.6) is 0 Å².